The van der Waals surface area contributed by atoms with Gasteiger partial charge in [-0.05, 0) is 19.8 Å². The lowest BCUT2D eigenvalue weighted by Crippen LogP contribution is -1.96. The largest absolute Gasteiger partial charge is 0.326 e. The summed E-state index contributed by atoms with van der Waals surface area (Å²) in [6.45, 7) is 2.72. The summed E-state index contributed by atoms with van der Waals surface area (Å²) in [6.07, 6.45) is 2.56. The van der Waals surface area contributed by atoms with Crippen LogP contribution in [-0.4, -0.2) is 4.98 Å². The molecule has 17 heavy (non-hydrogen) atoms. The van der Waals surface area contributed by atoms with E-state index in [9.17, 15) is 0 Å². The van der Waals surface area contributed by atoms with Gasteiger partial charge >= 0.3 is 0 Å². The Labute approximate surface area is 106 Å². The predicted molar refractivity (Wildman–Crippen MR) is 72.2 cm³/mol. The van der Waals surface area contributed by atoms with Gasteiger partial charge in [-0.25, -0.2) is 4.98 Å². The fourth-order valence-corrected chi connectivity index (χ4v) is 3.04. The maximum Gasteiger partial charge on any atom is 0.123 e. The molecule has 2 N–H and O–H groups in total. The highest BCUT2D eigenvalue weighted by atomic mass is 32.1. The first kappa shape index (κ1) is 10.9. The number of hydrogen-bond acceptors (Lipinski definition) is 3. The molecule has 0 spiro atoms. The van der Waals surface area contributed by atoms with Crippen LogP contribution in [0, 0.1) is 6.92 Å². The summed E-state index contributed by atoms with van der Waals surface area (Å²) in [4.78, 5) is 6.05. The Kier molecular flexibility index (Phi) is 2.73. The lowest BCUT2D eigenvalue weighted by molar-refractivity contribution is 0.980. The number of benzene rings is 1. The van der Waals surface area contributed by atoms with Crippen molar-refractivity contribution >= 4 is 11.3 Å². The maximum atomic E-state index is 5.80. The maximum absolute atomic E-state index is 5.80. The van der Waals surface area contributed by atoms with Crippen molar-refractivity contribution in [2.24, 2.45) is 5.73 Å². The molecular weight excluding hydrogens is 228 g/mol. The third-order valence-corrected chi connectivity index (χ3v) is 4.32. The van der Waals surface area contributed by atoms with Gasteiger partial charge in [0.2, 0.25) is 0 Å². The molecule has 1 fully saturated rings. The van der Waals surface area contributed by atoms with Gasteiger partial charge in [0.05, 0.1) is 5.69 Å². The Hall–Kier alpha value is -1.19. The van der Waals surface area contributed by atoms with Crippen LogP contribution in [0.25, 0.3) is 10.6 Å². The zero-order chi connectivity index (χ0) is 11.8. The quantitative estimate of drug-likeness (QED) is 0.898. The van der Waals surface area contributed by atoms with Gasteiger partial charge in [-0.15, -0.1) is 11.3 Å². The SMILES string of the molecule is Cc1ccc(-c2nc(C3CC3)c(CN)s2)cc1. The Balaban J connectivity index is 2.00. The van der Waals surface area contributed by atoms with E-state index in [1.54, 1.807) is 11.3 Å². The van der Waals surface area contributed by atoms with Crippen molar-refractivity contribution in [3.8, 4) is 10.6 Å². The van der Waals surface area contributed by atoms with Gasteiger partial charge in [0.1, 0.15) is 5.01 Å². The van der Waals surface area contributed by atoms with E-state index in [2.05, 4.69) is 31.2 Å². The molecule has 1 saturated carbocycles. The van der Waals surface area contributed by atoms with Gasteiger partial charge < -0.3 is 5.73 Å². The van der Waals surface area contributed by atoms with E-state index >= 15 is 0 Å². The average molecular weight is 244 g/mol. The Morgan fingerprint density at radius 1 is 1.29 bits per heavy atom. The Morgan fingerprint density at radius 3 is 2.59 bits per heavy atom. The Bertz CT molecular complexity index is 524. The first-order valence-electron chi connectivity index (χ1n) is 6.04. The number of aromatic nitrogens is 1. The summed E-state index contributed by atoms with van der Waals surface area (Å²) in [5.41, 5.74) is 9.55. The minimum absolute atomic E-state index is 0.620. The highest BCUT2D eigenvalue weighted by molar-refractivity contribution is 7.15. The lowest BCUT2D eigenvalue weighted by Gasteiger charge is -1.96. The molecule has 0 atom stereocenters. The number of aryl methyl sites for hydroxylation is 1. The zero-order valence-electron chi connectivity index (χ0n) is 9.94. The van der Waals surface area contributed by atoms with Crippen LogP contribution in [0.4, 0.5) is 0 Å². The second kappa shape index (κ2) is 4.24. The Morgan fingerprint density at radius 2 is 2.00 bits per heavy atom. The number of rotatable bonds is 3. The van der Waals surface area contributed by atoms with Crippen LogP contribution in [0.2, 0.25) is 0 Å². The molecule has 88 valence electrons. The molecule has 0 saturated heterocycles. The van der Waals surface area contributed by atoms with Crippen LogP contribution in [-0.2, 0) is 6.54 Å². The average Bonchev–Trinajstić information content (AvgIpc) is 3.10. The van der Waals surface area contributed by atoms with Crippen molar-refractivity contribution in [3.05, 3.63) is 40.4 Å². The van der Waals surface area contributed by atoms with Crippen molar-refractivity contribution in [2.45, 2.75) is 32.2 Å². The molecule has 3 rings (SSSR count). The predicted octanol–water partition coefficient (Wildman–Crippen LogP) is 3.45. The van der Waals surface area contributed by atoms with Crippen LogP contribution in [0.1, 0.15) is 34.9 Å². The second-order valence-corrected chi connectivity index (χ2v) is 5.76. The van der Waals surface area contributed by atoms with E-state index in [1.807, 2.05) is 0 Å². The fourth-order valence-electron chi connectivity index (χ4n) is 2.01. The zero-order valence-corrected chi connectivity index (χ0v) is 10.8. The molecule has 1 heterocycles. The minimum atomic E-state index is 0.620. The molecule has 2 aromatic rings. The highest BCUT2D eigenvalue weighted by Crippen LogP contribution is 2.44. The molecule has 0 unspecified atom stereocenters. The van der Waals surface area contributed by atoms with Gasteiger partial charge in [0.25, 0.3) is 0 Å². The molecule has 0 radical (unpaired) electrons. The first-order chi connectivity index (χ1) is 8.28. The summed E-state index contributed by atoms with van der Waals surface area (Å²) in [5.74, 6) is 0.684. The van der Waals surface area contributed by atoms with Crippen molar-refractivity contribution in [1.82, 2.24) is 4.98 Å². The normalized spacial score (nSPS) is 15.2. The smallest absolute Gasteiger partial charge is 0.123 e. The molecule has 3 heteroatoms. The third-order valence-electron chi connectivity index (χ3n) is 3.18. The van der Waals surface area contributed by atoms with Gasteiger partial charge in [-0.2, -0.15) is 0 Å². The van der Waals surface area contributed by atoms with E-state index in [-0.39, 0.29) is 0 Å². The summed E-state index contributed by atoms with van der Waals surface area (Å²) in [5, 5.41) is 1.12. The molecule has 1 aliphatic rings. The fraction of sp³-hybridized carbons (Fsp3) is 0.357. The van der Waals surface area contributed by atoms with Crippen LogP contribution in [0.3, 0.4) is 0 Å². The second-order valence-electron chi connectivity index (χ2n) is 4.67. The van der Waals surface area contributed by atoms with E-state index in [1.165, 1.54) is 34.5 Å². The van der Waals surface area contributed by atoms with Crippen LogP contribution >= 0.6 is 11.3 Å². The molecule has 1 aromatic carbocycles. The molecule has 0 amide bonds. The first-order valence-corrected chi connectivity index (χ1v) is 6.86. The number of nitrogens with zero attached hydrogens (tertiary/aromatic N) is 1. The molecule has 2 nitrogen and oxygen atoms in total. The van der Waals surface area contributed by atoms with Crippen molar-refractivity contribution < 1.29 is 0 Å². The topological polar surface area (TPSA) is 38.9 Å². The van der Waals surface area contributed by atoms with Crippen LogP contribution < -0.4 is 5.73 Å². The van der Waals surface area contributed by atoms with E-state index in [4.69, 9.17) is 10.7 Å². The number of thiazole rings is 1. The van der Waals surface area contributed by atoms with E-state index in [0.29, 0.717) is 12.5 Å². The summed E-state index contributed by atoms with van der Waals surface area (Å²) in [7, 11) is 0. The third kappa shape index (κ3) is 2.13. The van der Waals surface area contributed by atoms with Crippen LogP contribution in [0.15, 0.2) is 24.3 Å². The highest BCUT2D eigenvalue weighted by Gasteiger charge is 2.29. The number of hydrogen-bond donors (Lipinski definition) is 1. The van der Waals surface area contributed by atoms with Gasteiger partial charge in [-0.3, -0.25) is 0 Å². The van der Waals surface area contributed by atoms with Crippen molar-refractivity contribution in [2.75, 3.05) is 0 Å². The van der Waals surface area contributed by atoms with Gasteiger partial charge in [0, 0.05) is 22.9 Å². The molecule has 1 aromatic heterocycles. The molecular formula is C14H16N2S. The summed E-state index contributed by atoms with van der Waals surface area (Å²) >= 11 is 1.75. The van der Waals surface area contributed by atoms with Gasteiger partial charge in [-0.1, -0.05) is 29.8 Å². The number of nitrogens with two attached hydrogens (primary N) is 1. The molecule has 0 bridgehead atoms. The monoisotopic (exact) mass is 244 g/mol. The standard InChI is InChI=1S/C14H16N2S/c1-9-2-4-11(5-3-9)14-16-13(10-6-7-10)12(8-15)17-14/h2-5,10H,6-8,15H2,1H3. The van der Waals surface area contributed by atoms with Crippen molar-refractivity contribution in [3.63, 3.8) is 0 Å². The lowest BCUT2D eigenvalue weighted by atomic mass is 10.1. The van der Waals surface area contributed by atoms with E-state index < -0.39 is 0 Å². The molecule has 0 aliphatic heterocycles. The van der Waals surface area contributed by atoms with Crippen molar-refractivity contribution in [1.29, 1.82) is 0 Å². The summed E-state index contributed by atoms with van der Waals surface area (Å²) < 4.78 is 0. The van der Waals surface area contributed by atoms with Crippen LogP contribution in [0.5, 0.6) is 0 Å². The van der Waals surface area contributed by atoms with E-state index in [0.717, 1.165) is 5.01 Å². The van der Waals surface area contributed by atoms with Gasteiger partial charge in [0.15, 0.2) is 0 Å². The summed E-state index contributed by atoms with van der Waals surface area (Å²) in [6, 6.07) is 8.56. The minimum Gasteiger partial charge on any atom is -0.326 e. The molecule has 1 aliphatic carbocycles.